The first-order valence-electron chi connectivity index (χ1n) is 6.89. The van der Waals surface area contributed by atoms with Gasteiger partial charge in [0.25, 0.3) is 0 Å². The van der Waals surface area contributed by atoms with Crippen molar-refractivity contribution in [3.8, 4) is 0 Å². The lowest BCUT2D eigenvalue weighted by molar-refractivity contribution is -0.143. The number of rotatable bonds is 1. The van der Waals surface area contributed by atoms with E-state index in [1.165, 1.54) is 0 Å². The van der Waals surface area contributed by atoms with Gasteiger partial charge in [0.15, 0.2) is 0 Å². The van der Waals surface area contributed by atoms with Crippen molar-refractivity contribution in [2.24, 2.45) is 5.92 Å². The van der Waals surface area contributed by atoms with E-state index in [-0.39, 0.29) is 18.2 Å². The molecule has 2 aliphatic rings. The van der Waals surface area contributed by atoms with Gasteiger partial charge in [-0.15, -0.1) is 0 Å². The molecule has 1 N–H and O–H groups in total. The van der Waals surface area contributed by atoms with Gasteiger partial charge in [0.05, 0.1) is 24.7 Å². The first kappa shape index (κ1) is 14.1. The molecule has 0 aromatic carbocycles. The summed E-state index contributed by atoms with van der Waals surface area (Å²) < 4.78 is 5.51. The molecule has 3 atom stereocenters. The van der Waals surface area contributed by atoms with E-state index in [9.17, 15) is 9.59 Å². The molecule has 2 aliphatic heterocycles. The minimum absolute atomic E-state index is 0.0419. The molecule has 0 saturated carbocycles. The van der Waals surface area contributed by atoms with Crippen LogP contribution in [0.5, 0.6) is 0 Å². The third-order valence-electron chi connectivity index (χ3n) is 3.89. The fourth-order valence-electron chi connectivity index (χ4n) is 2.70. The Morgan fingerprint density at radius 3 is 2.68 bits per heavy atom. The molecule has 0 radical (unpaired) electrons. The van der Waals surface area contributed by atoms with Gasteiger partial charge in [0.1, 0.15) is 0 Å². The maximum absolute atomic E-state index is 12.5. The van der Waals surface area contributed by atoms with Gasteiger partial charge < -0.3 is 19.6 Å². The summed E-state index contributed by atoms with van der Waals surface area (Å²) in [4.78, 5) is 27.0. The molecule has 2 amide bonds. The van der Waals surface area contributed by atoms with Crippen molar-refractivity contribution in [3.63, 3.8) is 0 Å². The SMILES string of the molecule is CC1CN(C(=O)N2CCC[C@H](C(=O)O)C2)C(C)CO1. The van der Waals surface area contributed by atoms with E-state index in [0.717, 1.165) is 6.42 Å². The lowest BCUT2D eigenvalue weighted by Crippen LogP contribution is -2.56. The van der Waals surface area contributed by atoms with Crippen LogP contribution in [0.1, 0.15) is 26.7 Å². The molecule has 0 spiro atoms. The van der Waals surface area contributed by atoms with Crippen LogP contribution in [0.2, 0.25) is 0 Å². The lowest BCUT2D eigenvalue weighted by atomic mass is 9.98. The van der Waals surface area contributed by atoms with E-state index in [0.29, 0.717) is 32.7 Å². The number of morpholine rings is 1. The van der Waals surface area contributed by atoms with Crippen LogP contribution in [0, 0.1) is 5.92 Å². The van der Waals surface area contributed by atoms with Crippen LogP contribution >= 0.6 is 0 Å². The van der Waals surface area contributed by atoms with Crippen molar-refractivity contribution in [2.45, 2.75) is 38.8 Å². The van der Waals surface area contributed by atoms with Gasteiger partial charge in [-0.2, -0.15) is 0 Å². The topological polar surface area (TPSA) is 70.1 Å². The molecule has 0 bridgehead atoms. The van der Waals surface area contributed by atoms with Crippen LogP contribution in [0.25, 0.3) is 0 Å². The first-order chi connectivity index (χ1) is 8.99. The monoisotopic (exact) mass is 270 g/mol. The number of ether oxygens (including phenoxy) is 1. The second kappa shape index (κ2) is 5.77. The summed E-state index contributed by atoms with van der Waals surface area (Å²) in [6.45, 7) is 6.01. The van der Waals surface area contributed by atoms with E-state index in [4.69, 9.17) is 9.84 Å². The number of carboxylic acid groups (broad SMARTS) is 1. The van der Waals surface area contributed by atoms with Crippen LogP contribution in [0.15, 0.2) is 0 Å². The zero-order chi connectivity index (χ0) is 14.0. The van der Waals surface area contributed by atoms with E-state index in [1.807, 2.05) is 13.8 Å². The van der Waals surface area contributed by atoms with Crippen LogP contribution in [0.4, 0.5) is 4.79 Å². The molecule has 2 unspecified atom stereocenters. The summed E-state index contributed by atoms with van der Waals surface area (Å²) >= 11 is 0. The number of hydrogen-bond donors (Lipinski definition) is 1. The largest absolute Gasteiger partial charge is 0.481 e. The summed E-state index contributed by atoms with van der Waals surface area (Å²) in [5, 5.41) is 9.07. The van der Waals surface area contributed by atoms with E-state index >= 15 is 0 Å². The van der Waals surface area contributed by atoms with Crippen molar-refractivity contribution >= 4 is 12.0 Å². The highest BCUT2D eigenvalue weighted by Gasteiger charge is 2.34. The quantitative estimate of drug-likeness (QED) is 0.772. The first-order valence-corrected chi connectivity index (χ1v) is 6.89. The molecule has 108 valence electrons. The number of urea groups is 1. The highest BCUT2D eigenvalue weighted by Crippen LogP contribution is 2.20. The van der Waals surface area contributed by atoms with Gasteiger partial charge in [-0.1, -0.05) is 0 Å². The zero-order valence-electron chi connectivity index (χ0n) is 11.5. The fraction of sp³-hybridized carbons (Fsp3) is 0.846. The Bertz CT molecular complexity index is 361. The molecular formula is C13H22N2O4. The van der Waals surface area contributed by atoms with E-state index < -0.39 is 11.9 Å². The minimum Gasteiger partial charge on any atom is -0.481 e. The standard InChI is InChI=1S/C13H22N2O4/c1-9-8-19-10(2)6-15(9)13(18)14-5-3-4-11(7-14)12(16)17/h9-11H,3-8H2,1-2H3,(H,16,17)/t9?,10?,11-/m0/s1. The van der Waals surface area contributed by atoms with Gasteiger partial charge in [-0.05, 0) is 26.7 Å². The summed E-state index contributed by atoms with van der Waals surface area (Å²) in [6.07, 6.45) is 1.46. The second-order valence-electron chi connectivity index (χ2n) is 5.55. The number of carbonyl (C=O) groups is 2. The summed E-state index contributed by atoms with van der Waals surface area (Å²) in [6, 6.07) is 0.00232. The number of carboxylic acids is 1. The zero-order valence-corrected chi connectivity index (χ0v) is 11.5. The average molecular weight is 270 g/mol. The van der Waals surface area contributed by atoms with Crippen LogP contribution in [-0.2, 0) is 9.53 Å². The number of piperidine rings is 1. The molecule has 0 aromatic rings. The Labute approximate surface area is 113 Å². The normalized spacial score (nSPS) is 32.2. The van der Waals surface area contributed by atoms with Crippen molar-refractivity contribution in [3.05, 3.63) is 0 Å². The maximum Gasteiger partial charge on any atom is 0.320 e. The van der Waals surface area contributed by atoms with Crippen molar-refractivity contribution in [1.82, 2.24) is 9.80 Å². The Morgan fingerprint density at radius 2 is 2.00 bits per heavy atom. The number of nitrogens with zero attached hydrogens (tertiary/aromatic N) is 2. The Balaban J connectivity index is 2.00. The van der Waals surface area contributed by atoms with Gasteiger partial charge in [0.2, 0.25) is 0 Å². The van der Waals surface area contributed by atoms with Gasteiger partial charge in [-0.3, -0.25) is 4.79 Å². The Hall–Kier alpha value is -1.30. The summed E-state index contributed by atoms with van der Waals surface area (Å²) in [5.41, 5.74) is 0. The number of carbonyl (C=O) groups excluding carboxylic acids is 1. The molecule has 2 rings (SSSR count). The molecular weight excluding hydrogens is 248 g/mol. The highest BCUT2D eigenvalue weighted by molar-refractivity contribution is 5.77. The lowest BCUT2D eigenvalue weighted by Gasteiger charge is -2.41. The van der Waals surface area contributed by atoms with E-state index in [2.05, 4.69) is 0 Å². The fourth-order valence-corrected chi connectivity index (χ4v) is 2.70. The van der Waals surface area contributed by atoms with Crippen LogP contribution in [-0.4, -0.2) is 65.3 Å². The molecule has 2 heterocycles. The Kier molecular flexibility index (Phi) is 4.29. The second-order valence-corrected chi connectivity index (χ2v) is 5.55. The molecule has 19 heavy (non-hydrogen) atoms. The molecule has 2 saturated heterocycles. The number of likely N-dealkylation sites (tertiary alicyclic amines) is 1. The number of amides is 2. The molecule has 2 fully saturated rings. The molecule has 0 aromatic heterocycles. The maximum atomic E-state index is 12.5. The van der Waals surface area contributed by atoms with Gasteiger partial charge in [-0.25, -0.2) is 4.79 Å². The Morgan fingerprint density at radius 1 is 1.26 bits per heavy atom. The summed E-state index contributed by atoms with van der Waals surface area (Å²) in [5.74, 6) is -1.23. The van der Waals surface area contributed by atoms with Gasteiger partial charge >= 0.3 is 12.0 Å². The highest BCUT2D eigenvalue weighted by atomic mass is 16.5. The average Bonchev–Trinajstić information content (AvgIpc) is 2.41. The van der Waals surface area contributed by atoms with Crippen molar-refractivity contribution in [1.29, 1.82) is 0 Å². The minimum atomic E-state index is -0.805. The van der Waals surface area contributed by atoms with Crippen LogP contribution in [0.3, 0.4) is 0 Å². The molecule has 6 heteroatoms. The third kappa shape index (κ3) is 3.18. The van der Waals surface area contributed by atoms with Crippen LogP contribution < -0.4 is 0 Å². The number of hydrogen-bond acceptors (Lipinski definition) is 3. The molecule has 0 aliphatic carbocycles. The van der Waals surface area contributed by atoms with Crippen molar-refractivity contribution in [2.75, 3.05) is 26.2 Å². The summed E-state index contributed by atoms with van der Waals surface area (Å²) in [7, 11) is 0. The predicted molar refractivity (Wildman–Crippen MR) is 68.9 cm³/mol. The third-order valence-corrected chi connectivity index (χ3v) is 3.89. The smallest absolute Gasteiger partial charge is 0.320 e. The molecule has 6 nitrogen and oxygen atoms in total. The number of aliphatic carboxylic acids is 1. The van der Waals surface area contributed by atoms with E-state index in [1.54, 1.807) is 9.80 Å². The van der Waals surface area contributed by atoms with Gasteiger partial charge in [0, 0.05) is 19.6 Å². The van der Waals surface area contributed by atoms with Crippen molar-refractivity contribution < 1.29 is 19.4 Å². The predicted octanol–water partition coefficient (Wildman–Crippen LogP) is 1.01.